The van der Waals surface area contributed by atoms with Crippen molar-refractivity contribution in [2.24, 2.45) is 5.92 Å². The fraction of sp³-hybridized carbons (Fsp3) is 0.400. The van der Waals surface area contributed by atoms with E-state index in [0.717, 1.165) is 65.9 Å². The summed E-state index contributed by atoms with van der Waals surface area (Å²) in [5, 5.41) is 12.2. The van der Waals surface area contributed by atoms with Gasteiger partial charge in [0.05, 0.1) is 17.5 Å². The maximum atomic E-state index is 12.8. The Balaban J connectivity index is 0.00000370. The van der Waals surface area contributed by atoms with Crippen LogP contribution in [0, 0.1) is 5.92 Å². The molecule has 0 unspecified atom stereocenters. The van der Waals surface area contributed by atoms with Gasteiger partial charge in [0.15, 0.2) is 5.65 Å². The number of nitrogens with zero attached hydrogens (tertiary/aromatic N) is 4. The highest BCUT2D eigenvalue weighted by atomic mass is 35.5. The quantitative estimate of drug-likeness (QED) is 0.245. The number of nitrogens with two attached hydrogens (primary N) is 1. The average Bonchev–Trinajstić information content (AvgIpc) is 3.34. The maximum Gasteiger partial charge on any atom is 0.237 e. The fourth-order valence-electron chi connectivity index (χ4n) is 5.35. The molecule has 0 spiro atoms. The van der Waals surface area contributed by atoms with Crippen molar-refractivity contribution in [1.82, 2.24) is 30.4 Å². The van der Waals surface area contributed by atoms with E-state index < -0.39 is 0 Å². The van der Waals surface area contributed by atoms with Gasteiger partial charge in [0.1, 0.15) is 29.3 Å². The van der Waals surface area contributed by atoms with Crippen LogP contribution in [0.3, 0.4) is 0 Å². The Kier molecular flexibility index (Phi) is 9.60. The van der Waals surface area contributed by atoms with Crippen LogP contribution in [0.15, 0.2) is 60.9 Å². The number of nitrogen functional groups attached to an aromatic ring is 1. The summed E-state index contributed by atoms with van der Waals surface area (Å²) in [6.07, 6.45) is 5.87. The molecule has 2 aromatic heterocycles. The van der Waals surface area contributed by atoms with Crippen molar-refractivity contribution in [3.05, 3.63) is 60.9 Å². The molecule has 1 saturated carbocycles. The van der Waals surface area contributed by atoms with E-state index in [1.807, 2.05) is 66.3 Å². The van der Waals surface area contributed by atoms with Gasteiger partial charge in [0, 0.05) is 11.6 Å². The molecule has 1 aliphatic carbocycles. The zero-order chi connectivity index (χ0) is 27.4. The highest BCUT2D eigenvalue weighted by molar-refractivity contribution is 5.98. The van der Waals surface area contributed by atoms with E-state index in [0.29, 0.717) is 11.7 Å². The zero-order valence-corrected chi connectivity index (χ0v) is 24.0. The third-order valence-corrected chi connectivity index (χ3v) is 7.39. The number of hydrogen-bond acceptors (Lipinski definition) is 7. The van der Waals surface area contributed by atoms with Crippen molar-refractivity contribution in [2.75, 3.05) is 12.8 Å². The molecule has 1 amide bonds. The molecule has 1 fully saturated rings. The van der Waals surface area contributed by atoms with Gasteiger partial charge in [-0.3, -0.25) is 4.79 Å². The van der Waals surface area contributed by atoms with Crippen LogP contribution >= 0.6 is 12.4 Å². The summed E-state index contributed by atoms with van der Waals surface area (Å²) in [7, 11) is 1.85. The smallest absolute Gasteiger partial charge is 0.237 e. The van der Waals surface area contributed by atoms with Crippen LogP contribution in [0.5, 0.6) is 11.5 Å². The van der Waals surface area contributed by atoms with Gasteiger partial charge in [-0.15, -0.1) is 12.4 Å². The Labute approximate surface area is 241 Å². The molecule has 2 aromatic carbocycles. The highest BCUT2D eigenvalue weighted by Crippen LogP contribution is 2.36. The number of ether oxygens (including phenoxy) is 1. The number of fused-ring (bicyclic) bond motifs is 1. The zero-order valence-electron chi connectivity index (χ0n) is 23.2. The van der Waals surface area contributed by atoms with Gasteiger partial charge in [-0.2, -0.15) is 5.10 Å². The largest absolute Gasteiger partial charge is 0.457 e. The second-order valence-electron chi connectivity index (χ2n) is 10.7. The molecular weight excluding hydrogens is 526 g/mol. The SMILES string of the molecule is CN[C@H](CC(C)C)C(=O)NC1CCC(n2nc(-c3ccc(Oc4ccccc4)cc3)c3c(N)ncnc32)CC1.Cl. The summed E-state index contributed by atoms with van der Waals surface area (Å²) in [5.74, 6) is 2.47. The van der Waals surface area contributed by atoms with E-state index in [4.69, 9.17) is 15.6 Å². The number of nitrogens with one attached hydrogen (secondary N) is 2. The van der Waals surface area contributed by atoms with Gasteiger partial charge in [-0.05, 0) is 81.5 Å². The van der Waals surface area contributed by atoms with Crippen LogP contribution in [0.25, 0.3) is 22.3 Å². The first-order valence-corrected chi connectivity index (χ1v) is 13.7. The lowest BCUT2D eigenvalue weighted by Crippen LogP contribution is -2.48. The molecule has 0 radical (unpaired) electrons. The Morgan fingerprint density at radius 3 is 2.35 bits per heavy atom. The third kappa shape index (κ3) is 6.54. The van der Waals surface area contributed by atoms with Crippen molar-refractivity contribution in [3.8, 4) is 22.8 Å². The van der Waals surface area contributed by atoms with Crippen molar-refractivity contribution >= 4 is 35.2 Å². The van der Waals surface area contributed by atoms with E-state index in [1.165, 1.54) is 6.33 Å². The van der Waals surface area contributed by atoms with Crippen LogP contribution in [0.2, 0.25) is 0 Å². The summed E-state index contributed by atoms with van der Waals surface area (Å²) >= 11 is 0. The summed E-state index contributed by atoms with van der Waals surface area (Å²) in [5.41, 5.74) is 8.76. The molecular formula is C30H38ClN7O2. The van der Waals surface area contributed by atoms with Gasteiger partial charge in [0.25, 0.3) is 0 Å². The second-order valence-corrected chi connectivity index (χ2v) is 10.7. The lowest BCUT2D eigenvalue weighted by atomic mass is 9.90. The molecule has 40 heavy (non-hydrogen) atoms. The Bertz CT molecular complexity index is 1400. The number of rotatable bonds is 9. The fourth-order valence-corrected chi connectivity index (χ4v) is 5.35. The van der Waals surface area contributed by atoms with E-state index >= 15 is 0 Å². The number of likely N-dealkylation sites (N-methyl/N-ethyl adjacent to an activating group) is 1. The van der Waals surface area contributed by atoms with Crippen LogP contribution in [0.1, 0.15) is 52.0 Å². The molecule has 0 bridgehead atoms. The van der Waals surface area contributed by atoms with E-state index in [-0.39, 0.29) is 36.4 Å². The monoisotopic (exact) mass is 563 g/mol. The summed E-state index contributed by atoms with van der Waals surface area (Å²) in [6, 6.07) is 17.7. The molecule has 10 heteroatoms. The predicted molar refractivity (Wildman–Crippen MR) is 161 cm³/mol. The van der Waals surface area contributed by atoms with E-state index in [9.17, 15) is 4.79 Å². The highest BCUT2D eigenvalue weighted by Gasteiger charge is 2.29. The number of benzene rings is 2. The number of halogens is 1. The summed E-state index contributed by atoms with van der Waals surface area (Å²) < 4.78 is 7.95. The second kappa shape index (κ2) is 13.1. The first-order chi connectivity index (χ1) is 18.9. The molecule has 5 rings (SSSR count). The van der Waals surface area contributed by atoms with Crippen LogP contribution in [0.4, 0.5) is 5.82 Å². The third-order valence-electron chi connectivity index (χ3n) is 7.39. The van der Waals surface area contributed by atoms with Crippen molar-refractivity contribution < 1.29 is 9.53 Å². The Morgan fingerprint density at radius 1 is 1.02 bits per heavy atom. The molecule has 0 aliphatic heterocycles. The summed E-state index contributed by atoms with van der Waals surface area (Å²) in [4.78, 5) is 21.6. The Morgan fingerprint density at radius 2 is 1.70 bits per heavy atom. The molecule has 1 aliphatic rings. The van der Waals surface area contributed by atoms with Crippen LogP contribution in [-0.2, 0) is 4.79 Å². The maximum absolute atomic E-state index is 12.8. The number of amides is 1. The summed E-state index contributed by atoms with van der Waals surface area (Å²) in [6.45, 7) is 4.27. The van der Waals surface area contributed by atoms with Gasteiger partial charge >= 0.3 is 0 Å². The molecule has 4 N–H and O–H groups in total. The van der Waals surface area contributed by atoms with E-state index in [1.54, 1.807) is 0 Å². The molecule has 2 heterocycles. The number of para-hydroxylation sites is 1. The standard InChI is InChI=1S/C30H37N7O2.ClH/c1-19(2)17-25(32-3)30(38)35-21-11-13-22(14-12-21)37-29-26(28(31)33-18-34-29)27(36-37)20-9-15-24(16-10-20)39-23-7-5-4-6-8-23;/h4-10,15-16,18-19,21-22,25,32H,11-14,17H2,1-3H3,(H,35,38)(H2,31,33,34);1H/t21?,22?,25-;/m1./s1. The van der Waals surface area contributed by atoms with Crippen LogP contribution in [-0.4, -0.2) is 44.8 Å². The Hall–Kier alpha value is -3.69. The molecule has 9 nitrogen and oxygen atoms in total. The van der Waals surface area contributed by atoms with Crippen molar-refractivity contribution in [2.45, 2.75) is 64.1 Å². The number of aromatic nitrogens is 4. The first-order valence-electron chi connectivity index (χ1n) is 13.7. The van der Waals surface area contributed by atoms with Crippen molar-refractivity contribution in [3.63, 3.8) is 0 Å². The lowest BCUT2D eigenvalue weighted by Gasteiger charge is -2.30. The lowest BCUT2D eigenvalue weighted by molar-refractivity contribution is -0.124. The van der Waals surface area contributed by atoms with Crippen LogP contribution < -0.4 is 21.1 Å². The van der Waals surface area contributed by atoms with Gasteiger partial charge in [0.2, 0.25) is 5.91 Å². The number of anilines is 1. The van der Waals surface area contributed by atoms with Gasteiger partial charge in [-0.25, -0.2) is 14.6 Å². The minimum atomic E-state index is -0.163. The van der Waals surface area contributed by atoms with E-state index in [2.05, 4.69) is 34.4 Å². The minimum absolute atomic E-state index is 0. The first kappa shape index (κ1) is 29.3. The molecule has 4 aromatic rings. The van der Waals surface area contributed by atoms with Crippen molar-refractivity contribution in [1.29, 1.82) is 0 Å². The number of carbonyl (C=O) groups excluding carboxylic acids is 1. The molecule has 212 valence electrons. The van der Waals surface area contributed by atoms with Gasteiger partial charge < -0.3 is 21.1 Å². The normalized spacial score (nSPS) is 17.8. The topological polar surface area (TPSA) is 120 Å². The molecule has 1 atom stereocenters. The minimum Gasteiger partial charge on any atom is -0.457 e. The number of carbonyl (C=O) groups is 1. The average molecular weight is 564 g/mol. The number of hydrogen-bond donors (Lipinski definition) is 3. The van der Waals surface area contributed by atoms with Gasteiger partial charge in [-0.1, -0.05) is 32.0 Å². The predicted octanol–water partition coefficient (Wildman–Crippen LogP) is 5.52. The molecule has 0 saturated heterocycles.